The first-order valence-electron chi connectivity index (χ1n) is 8.79. The fourth-order valence-electron chi connectivity index (χ4n) is 2.53. The second kappa shape index (κ2) is 10.6. The van der Waals surface area contributed by atoms with Gasteiger partial charge in [0, 0.05) is 10.6 Å². The lowest BCUT2D eigenvalue weighted by molar-refractivity contribution is 0.0518. The van der Waals surface area contributed by atoms with Crippen LogP contribution in [0.1, 0.15) is 23.0 Å². The van der Waals surface area contributed by atoms with Crippen LogP contribution in [0.15, 0.2) is 45.1 Å². The van der Waals surface area contributed by atoms with E-state index in [0.29, 0.717) is 32.0 Å². The van der Waals surface area contributed by atoms with Gasteiger partial charge >= 0.3 is 5.97 Å². The Labute approximate surface area is 207 Å². The molecule has 0 aliphatic heterocycles. The summed E-state index contributed by atoms with van der Waals surface area (Å²) < 4.78 is 5.14. The van der Waals surface area contributed by atoms with E-state index >= 15 is 0 Å². The van der Waals surface area contributed by atoms with Crippen molar-refractivity contribution in [2.75, 3.05) is 5.43 Å². The molecule has 0 fully saturated rings. The molecule has 0 aliphatic carbocycles. The standard InChI is InChI=1S/C20H13Cl5N4O3/c1-9(27-28-18-14(24)6-11(21)7-15(18)25)8-26-32-20(30)16-10(2)31-29-19(16)17-12(22)4-3-5-13(17)23/h3-8,28H,1-2H3. The SMILES string of the molecule is CC(C=NOC(=O)c1c(-c2c(Cl)cccc2Cl)noc1C)=NNc1c(Cl)cc(Cl)cc1Cl. The van der Waals surface area contributed by atoms with Crippen molar-refractivity contribution in [3.8, 4) is 11.3 Å². The summed E-state index contributed by atoms with van der Waals surface area (Å²) in [7, 11) is 0. The van der Waals surface area contributed by atoms with Gasteiger partial charge in [-0.05, 0) is 38.1 Å². The highest BCUT2D eigenvalue weighted by Gasteiger charge is 2.26. The molecule has 1 aromatic heterocycles. The molecule has 0 spiro atoms. The van der Waals surface area contributed by atoms with Crippen molar-refractivity contribution >= 4 is 81.6 Å². The van der Waals surface area contributed by atoms with E-state index in [1.54, 1.807) is 32.0 Å². The Kier molecular flexibility index (Phi) is 8.03. The van der Waals surface area contributed by atoms with Gasteiger partial charge in [-0.1, -0.05) is 74.4 Å². The van der Waals surface area contributed by atoms with Gasteiger partial charge in [0.15, 0.2) is 0 Å². The van der Waals surface area contributed by atoms with Gasteiger partial charge in [-0.2, -0.15) is 5.10 Å². The van der Waals surface area contributed by atoms with Crippen LogP contribution in [0.25, 0.3) is 11.3 Å². The molecule has 3 rings (SSSR count). The number of oxime groups is 1. The molecule has 12 heteroatoms. The molecule has 0 aliphatic rings. The average molecular weight is 535 g/mol. The summed E-state index contributed by atoms with van der Waals surface area (Å²) in [6, 6.07) is 7.94. The van der Waals surface area contributed by atoms with E-state index in [9.17, 15) is 4.79 Å². The van der Waals surface area contributed by atoms with E-state index in [-0.39, 0.29) is 27.1 Å². The van der Waals surface area contributed by atoms with Gasteiger partial charge in [-0.15, -0.1) is 0 Å². The quantitative estimate of drug-likeness (QED) is 0.200. The lowest BCUT2D eigenvalue weighted by Crippen LogP contribution is -2.06. The van der Waals surface area contributed by atoms with Crippen LogP contribution in [0.4, 0.5) is 5.69 Å². The minimum Gasteiger partial charge on any atom is -0.360 e. The Balaban J connectivity index is 1.74. The number of benzene rings is 2. The zero-order chi connectivity index (χ0) is 23.4. The van der Waals surface area contributed by atoms with Crippen LogP contribution in [0.3, 0.4) is 0 Å². The van der Waals surface area contributed by atoms with Crippen LogP contribution in [0.2, 0.25) is 25.1 Å². The first kappa shape index (κ1) is 24.4. The predicted molar refractivity (Wildman–Crippen MR) is 129 cm³/mol. The van der Waals surface area contributed by atoms with Crippen molar-refractivity contribution in [3.63, 3.8) is 0 Å². The van der Waals surface area contributed by atoms with Crippen molar-refractivity contribution in [1.82, 2.24) is 5.16 Å². The second-order valence-electron chi connectivity index (χ2n) is 6.28. The van der Waals surface area contributed by atoms with Crippen molar-refractivity contribution in [2.45, 2.75) is 13.8 Å². The summed E-state index contributed by atoms with van der Waals surface area (Å²) in [6.45, 7) is 3.17. The molecular formula is C20H13Cl5N4O3. The van der Waals surface area contributed by atoms with Gasteiger partial charge in [0.1, 0.15) is 17.0 Å². The largest absolute Gasteiger partial charge is 0.371 e. The summed E-state index contributed by atoms with van der Waals surface area (Å²) in [5.41, 5.74) is 3.97. The van der Waals surface area contributed by atoms with Crippen LogP contribution < -0.4 is 5.43 Å². The first-order valence-corrected chi connectivity index (χ1v) is 10.7. The number of hydrogen-bond donors (Lipinski definition) is 1. The third-order valence-electron chi connectivity index (χ3n) is 3.99. The van der Waals surface area contributed by atoms with Crippen LogP contribution in [0, 0.1) is 6.92 Å². The molecule has 2 aromatic carbocycles. The molecule has 1 N–H and O–H groups in total. The number of nitrogens with zero attached hydrogens (tertiary/aromatic N) is 3. The molecule has 166 valence electrons. The number of halogens is 5. The van der Waals surface area contributed by atoms with Gasteiger partial charge in [-0.3, -0.25) is 5.43 Å². The number of hydrogen-bond acceptors (Lipinski definition) is 7. The minimum absolute atomic E-state index is 0.0459. The summed E-state index contributed by atoms with van der Waals surface area (Å²) in [5.74, 6) is -0.592. The zero-order valence-corrected chi connectivity index (χ0v) is 20.2. The van der Waals surface area contributed by atoms with Gasteiger partial charge in [-0.25, -0.2) is 4.79 Å². The Hall–Kier alpha value is -2.29. The van der Waals surface area contributed by atoms with Crippen LogP contribution >= 0.6 is 58.0 Å². The van der Waals surface area contributed by atoms with Crippen molar-refractivity contribution in [2.24, 2.45) is 10.3 Å². The highest BCUT2D eigenvalue weighted by Crippen LogP contribution is 2.37. The smallest absolute Gasteiger partial charge is 0.360 e. The normalized spacial score (nSPS) is 11.8. The number of nitrogens with one attached hydrogen (secondary N) is 1. The second-order valence-corrected chi connectivity index (χ2v) is 8.35. The molecule has 1 heterocycles. The molecule has 0 amide bonds. The van der Waals surface area contributed by atoms with E-state index in [1.165, 1.54) is 18.3 Å². The number of aromatic nitrogens is 1. The molecule has 3 aromatic rings. The van der Waals surface area contributed by atoms with Crippen LogP contribution in [-0.4, -0.2) is 23.1 Å². The highest BCUT2D eigenvalue weighted by molar-refractivity contribution is 6.42. The number of hydrazone groups is 1. The number of carbonyl (C=O) groups is 1. The molecule has 0 unspecified atom stereocenters. The van der Waals surface area contributed by atoms with Crippen molar-refractivity contribution in [1.29, 1.82) is 0 Å². The van der Waals surface area contributed by atoms with E-state index in [0.717, 1.165) is 0 Å². The topological polar surface area (TPSA) is 89.1 Å². The monoisotopic (exact) mass is 532 g/mol. The third kappa shape index (κ3) is 5.54. The van der Waals surface area contributed by atoms with E-state index < -0.39 is 5.97 Å². The third-order valence-corrected chi connectivity index (χ3v) is 5.44. The Morgan fingerprint density at radius 2 is 1.72 bits per heavy atom. The molecule has 0 atom stereocenters. The van der Waals surface area contributed by atoms with Crippen LogP contribution in [-0.2, 0) is 4.84 Å². The van der Waals surface area contributed by atoms with E-state index in [4.69, 9.17) is 67.4 Å². The Bertz CT molecular complexity index is 1200. The molecule has 0 saturated carbocycles. The Morgan fingerprint density at radius 1 is 1.09 bits per heavy atom. The number of rotatable bonds is 6. The lowest BCUT2D eigenvalue weighted by Gasteiger charge is -2.07. The molecule has 0 bridgehead atoms. The maximum Gasteiger partial charge on any atom is 0.371 e. The summed E-state index contributed by atoms with van der Waals surface area (Å²) in [5, 5.41) is 13.2. The van der Waals surface area contributed by atoms with Crippen LogP contribution in [0.5, 0.6) is 0 Å². The molecular weight excluding hydrogens is 522 g/mol. The first-order chi connectivity index (χ1) is 15.2. The number of anilines is 1. The van der Waals surface area contributed by atoms with Gasteiger partial charge in [0.2, 0.25) is 0 Å². The summed E-state index contributed by atoms with van der Waals surface area (Å²) >= 11 is 30.5. The lowest BCUT2D eigenvalue weighted by atomic mass is 10.1. The molecule has 0 saturated heterocycles. The van der Waals surface area contributed by atoms with Gasteiger partial charge < -0.3 is 9.36 Å². The van der Waals surface area contributed by atoms with Crippen molar-refractivity contribution < 1.29 is 14.2 Å². The van der Waals surface area contributed by atoms with E-state index in [2.05, 4.69) is 20.8 Å². The Morgan fingerprint density at radius 3 is 2.34 bits per heavy atom. The maximum absolute atomic E-state index is 12.6. The van der Waals surface area contributed by atoms with Gasteiger partial charge in [0.25, 0.3) is 0 Å². The summed E-state index contributed by atoms with van der Waals surface area (Å²) in [4.78, 5) is 17.6. The summed E-state index contributed by atoms with van der Waals surface area (Å²) in [6.07, 6.45) is 1.22. The zero-order valence-electron chi connectivity index (χ0n) is 16.4. The van der Waals surface area contributed by atoms with Crippen molar-refractivity contribution in [3.05, 3.63) is 66.8 Å². The molecule has 0 radical (unpaired) electrons. The molecule has 7 nitrogen and oxygen atoms in total. The average Bonchev–Trinajstić information content (AvgIpc) is 3.08. The fourth-order valence-corrected chi connectivity index (χ4v) is 4.00. The fraction of sp³-hybridized carbons (Fsp3) is 0.100. The maximum atomic E-state index is 12.6. The predicted octanol–water partition coefficient (Wildman–Crippen LogP) is 7.55. The van der Waals surface area contributed by atoms with E-state index in [1.807, 2.05) is 0 Å². The molecule has 32 heavy (non-hydrogen) atoms. The van der Waals surface area contributed by atoms with Gasteiger partial charge in [0.05, 0.1) is 37.7 Å². The number of carbonyl (C=O) groups excluding carboxylic acids is 1. The minimum atomic E-state index is -0.810. The number of aryl methyl sites for hydroxylation is 1. The highest BCUT2D eigenvalue weighted by atomic mass is 35.5.